The van der Waals surface area contributed by atoms with Gasteiger partial charge in [-0.1, -0.05) is 238 Å². The van der Waals surface area contributed by atoms with Crippen molar-refractivity contribution in [3.05, 3.63) is 53.5 Å². The van der Waals surface area contributed by atoms with Gasteiger partial charge < -0.3 is 0 Å². The van der Waals surface area contributed by atoms with Crippen LogP contribution in [-0.4, -0.2) is 21.5 Å². The van der Waals surface area contributed by atoms with Gasteiger partial charge in [-0.25, -0.2) is 0 Å². The lowest BCUT2D eigenvalue weighted by Gasteiger charge is -2.37. The molecule has 0 atom stereocenters. The summed E-state index contributed by atoms with van der Waals surface area (Å²) in [5.74, 6) is 3.58. The van der Waals surface area contributed by atoms with Gasteiger partial charge in [-0.15, -0.1) is 5.47 Å². The Morgan fingerprint density at radius 1 is 0.638 bits per heavy atom. The fourth-order valence-corrected chi connectivity index (χ4v) is 13.1. The second-order valence-electron chi connectivity index (χ2n) is 17.6. The molecular formula is C44H68B2Si. The summed E-state index contributed by atoms with van der Waals surface area (Å²) in [4.78, 5) is 0. The SMILES string of the molecule is CC[Si](C)(C)c1cccc2c(B(C3CCCCC3)C3CCCCC3)ccc(/C(C)=C/C=C(\C)B(C3CCCCC3)C3CCCCC3)c12. The maximum absolute atomic E-state index is 2.65. The summed E-state index contributed by atoms with van der Waals surface area (Å²) in [6.07, 6.45) is 34.2. The first-order chi connectivity index (χ1) is 22.9. The molecule has 0 heterocycles. The Balaban J connectivity index is 1.43. The zero-order valence-electron chi connectivity index (χ0n) is 31.4. The maximum atomic E-state index is 2.65. The molecule has 0 radical (unpaired) electrons. The molecule has 2 aromatic carbocycles. The van der Waals surface area contributed by atoms with Crippen molar-refractivity contribution < 1.29 is 0 Å². The van der Waals surface area contributed by atoms with Crippen LogP contribution in [-0.2, 0) is 0 Å². The highest BCUT2D eigenvalue weighted by Crippen LogP contribution is 2.45. The molecule has 0 spiro atoms. The van der Waals surface area contributed by atoms with Crippen LogP contribution in [0.3, 0.4) is 0 Å². The Morgan fingerprint density at radius 3 is 1.62 bits per heavy atom. The molecule has 254 valence electrons. The Hall–Kier alpha value is -1.47. The van der Waals surface area contributed by atoms with Crippen molar-refractivity contribution in [3.8, 4) is 0 Å². The summed E-state index contributed by atoms with van der Waals surface area (Å²) >= 11 is 0. The smallest absolute Gasteiger partial charge is 0.104 e. The van der Waals surface area contributed by atoms with Crippen molar-refractivity contribution >= 4 is 48.5 Å². The molecule has 4 saturated carbocycles. The second kappa shape index (κ2) is 16.5. The van der Waals surface area contributed by atoms with E-state index in [2.05, 4.69) is 76.3 Å². The van der Waals surface area contributed by atoms with Gasteiger partial charge in [-0.05, 0) is 28.8 Å². The number of rotatable bonds is 10. The average molecular weight is 647 g/mol. The van der Waals surface area contributed by atoms with Gasteiger partial charge in [0.2, 0.25) is 0 Å². The van der Waals surface area contributed by atoms with E-state index in [0.717, 1.165) is 36.7 Å². The first-order valence-corrected chi connectivity index (χ1v) is 24.0. The quantitative estimate of drug-likeness (QED) is 0.178. The average Bonchev–Trinajstić information content (AvgIpc) is 3.12. The third-order valence-corrected chi connectivity index (χ3v) is 17.9. The fraction of sp³-hybridized carbons (Fsp3) is 0.682. The predicted octanol–water partition coefficient (Wildman–Crippen LogP) is 13.2. The molecule has 4 aliphatic carbocycles. The number of hydrogen-bond acceptors (Lipinski definition) is 0. The van der Waals surface area contributed by atoms with Gasteiger partial charge in [0.05, 0.1) is 8.07 Å². The zero-order chi connectivity index (χ0) is 32.8. The number of allylic oxidation sites excluding steroid dienone is 4. The summed E-state index contributed by atoms with van der Waals surface area (Å²) in [6.45, 7) is 14.2. The molecule has 0 aliphatic heterocycles. The van der Waals surface area contributed by atoms with Gasteiger partial charge in [0.25, 0.3) is 0 Å². The van der Waals surface area contributed by atoms with Crippen molar-refractivity contribution in [3.63, 3.8) is 0 Å². The molecule has 2 aromatic rings. The van der Waals surface area contributed by atoms with E-state index in [9.17, 15) is 0 Å². The van der Waals surface area contributed by atoms with E-state index >= 15 is 0 Å². The Kier molecular flexibility index (Phi) is 12.4. The fourth-order valence-electron chi connectivity index (χ4n) is 11.3. The molecule has 0 amide bonds. The van der Waals surface area contributed by atoms with Gasteiger partial charge >= 0.3 is 0 Å². The van der Waals surface area contributed by atoms with Crippen molar-refractivity contribution in [2.24, 2.45) is 0 Å². The molecule has 0 N–H and O–H groups in total. The first kappa shape index (κ1) is 35.4. The van der Waals surface area contributed by atoms with Gasteiger partial charge in [-0.2, -0.15) is 0 Å². The van der Waals surface area contributed by atoms with Crippen molar-refractivity contribution in [2.45, 2.75) is 192 Å². The van der Waals surface area contributed by atoms with Gasteiger partial charge in [0.15, 0.2) is 13.4 Å². The lowest BCUT2D eigenvalue weighted by atomic mass is 9.27. The molecular weight excluding hydrogens is 578 g/mol. The summed E-state index contributed by atoms with van der Waals surface area (Å²) in [7, 11) is -1.58. The molecule has 4 fully saturated rings. The minimum absolute atomic E-state index is 0.743. The molecule has 3 heteroatoms. The largest absolute Gasteiger partial charge is 0.183 e. The van der Waals surface area contributed by atoms with E-state index in [-0.39, 0.29) is 0 Å². The lowest BCUT2D eigenvalue weighted by Crippen LogP contribution is -2.44. The van der Waals surface area contributed by atoms with Crippen LogP contribution in [0.2, 0.25) is 42.4 Å². The minimum atomic E-state index is -1.58. The summed E-state index contributed by atoms with van der Waals surface area (Å²) in [5.41, 5.74) is 6.41. The lowest BCUT2D eigenvalue weighted by molar-refractivity contribution is 0.463. The van der Waals surface area contributed by atoms with Crippen LogP contribution < -0.4 is 10.6 Å². The Morgan fingerprint density at radius 2 is 1.13 bits per heavy atom. The zero-order valence-corrected chi connectivity index (χ0v) is 32.4. The van der Waals surface area contributed by atoms with Crippen LogP contribution in [0.15, 0.2) is 48.0 Å². The first-order valence-electron chi connectivity index (χ1n) is 20.8. The van der Waals surface area contributed by atoms with Gasteiger partial charge in [0.1, 0.15) is 0 Å². The third kappa shape index (κ3) is 8.13. The Labute approximate surface area is 292 Å². The van der Waals surface area contributed by atoms with Crippen LogP contribution in [0.5, 0.6) is 0 Å². The molecule has 0 aromatic heterocycles. The van der Waals surface area contributed by atoms with Crippen molar-refractivity contribution in [2.75, 3.05) is 0 Å². The molecule has 6 rings (SSSR count). The summed E-state index contributed by atoms with van der Waals surface area (Å²) in [6, 6.07) is 14.1. The summed E-state index contributed by atoms with van der Waals surface area (Å²) < 4.78 is 0. The standard InChI is InChI=1S/C44H68B2Si/c1-6-47(4,5)43-29-19-28-41-42(46(38-24-15-9-16-25-38)39-26-17-10-18-27-39)33-32-40(44(41)43)34(2)30-31-35(3)45(36-20-11-7-12-21-36)37-22-13-8-14-23-37/h19,28-33,36-39H,6-18,20-27H2,1-5H3/b34-30+,35-31+. The van der Waals surface area contributed by atoms with Gasteiger partial charge in [0, 0.05) is 0 Å². The topological polar surface area (TPSA) is 0 Å². The van der Waals surface area contributed by atoms with Crippen molar-refractivity contribution in [1.82, 2.24) is 0 Å². The van der Waals surface area contributed by atoms with Gasteiger partial charge in [-0.3, -0.25) is 0 Å². The number of hydrogen-bond donors (Lipinski definition) is 0. The van der Waals surface area contributed by atoms with E-state index in [0.29, 0.717) is 0 Å². The molecule has 0 bridgehead atoms. The molecule has 0 nitrogen and oxygen atoms in total. The predicted molar refractivity (Wildman–Crippen MR) is 217 cm³/mol. The highest BCUT2D eigenvalue weighted by atomic mass is 28.3. The minimum Gasteiger partial charge on any atom is -0.104 e. The maximum Gasteiger partial charge on any atom is 0.183 e. The molecule has 4 aliphatic rings. The van der Waals surface area contributed by atoms with E-state index in [1.165, 1.54) is 146 Å². The van der Waals surface area contributed by atoms with Crippen LogP contribution in [0, 0.1) is 0 Å². The highest BCUT2D eigenvalue weighted by molar-refractivity contribution is 6.91. The van der Waals surface area contributed by atoms with Crippen molar-refractivity contribution in [1.29, 1.82) is 0 Å². The number of fused-ring (bicyclic) bond motifs is 1. The van der Waals surface area contributed by atoms with Crippen LogP contribution in [0.1, 0.15) is 155 Å². The second-order valence-corrected chi connectivity index (χ2v) is 22.6. The highest BCUT2D eigenvalue weighted by Gasteiger charge is 2.38. The molecule has 0 unspecified atom stereocenters. The van der Waals surface area contributed by atoms with Crippen LogP contribution >= 0.6 is 0 Å². The van der Waals surface area contributed by atoms with Crippen LogP contribution in [0.25, 0.3) is 16.3 Å². The molecule has 0 saturated heterocycles. The van der Waals surface area contributed by atoms with Crippen LogP contribution in [0.4, 0.5) is 0 Å². The van der Waals surface area contributed by atoms with E-state index in [1.54, 1.807) is 26.9 Å². The monoisotopic (exact) mass is 647 g/mol. The van der Waals surface area contributed by atoms with E-state index < -0.39 is 8.07 Å². The normalized spacial score (nSPS) is 22.1. The third-order valence-electron chi connectivity index (χ3n) is 14.2. The molecule has 47 heavy (non-hydrogen) atoms. The van der Waals surface area contributed by atoms with E-state index in [1.807, 2.05) is 0 Å². The van der Waals surface area contributed by atoms with E-state index in [4.69, 9.17) is 0 Å². The summed E-state index contributed by atoms with van der Waals surface area (Å²) in [5, 5.41) is 4.96. The Bertz CT molecular complexity index is 1330. The number of benzene rings is 2.